The fourth-order valence-electron chi connectivity index (χ4n) is 1.16. The van der Waals surface area contributed by atoms with Gasteiger partial charge in [-0.1, -0.05) is 0 Å². The number of amides is 1. The third-order valence-corrected chi connectivity index (χ3v) is 2.30. The minimum Gasteiger partial charge on any atom is -0.353 e. The monoisotopic (exact) mass is 159 g/mol. The average Bonchev–Trinajstić information content (AvgIpc) is 1.96. The molecule has 0 spiro atoms. The minimum atomic E-state index is -0.0788. The van der Waals surface area contributed by atoms with Crippen LogP contribution in [-0.4, -0.2) is 17.2 Å². The first-order chi connectivity index (χ1) is 4.70. The highest BCUT2D eigenvalue weighted by atomic mass is 32.1. The fourth-order valence-corrected chi connectivity index (χ4v) is 1.42. The molecule has 1 heterocycles. The summed E-state index contributed by atoms with van der Waals surface area (Å²) in [6.07, 6.45) is 3.11. The lowest BCUT2D eigenvalue weighted by molar-refractivity contribution is -0.120. The van der Waals surface area contributed by atoms with Gasteiger partial charge in [-0.2, -0.15) is 12.6 Å². The third-order valence-electron chi connectivity index (χ3n) is 1.81. The van der Waals surface area contributed by atoms with Crippen molar-refractivity contribution in [2.45, 2.75) is 37.5 Å². The zero-order valence-electron chi connectivity index (χ0n) is 6.13. The van der Waals surface area contributed by atoms with Crippen LogP contribution in [0.1, 0.15) is 26.2 Å². The van der Waals surface area contributed by atoms with E-state index >= 15 is 0 Å². The van der Waals surface area contributed by atoms with Gasteiger partial charge in [-0.25, -0.2) is 0 Å². The van der Waals surface area contributed by atoms with Crippen LogP contribution < -0.4 is 5.32 Å². The van der Waals surface area contributed by atoms with E-state index in [4.69, 9.17) is 0 Å². The van der Waals surface area contributed by atoms with E-state index in [1.54, 1.807) is 0 Å². The Morgan fingerprint density at radius 2 is 2.30 bits per heavy atom. The van der Waals surface area contributed by atoms with Crippen molar-refractivity contribution in [1.29, 1.82) is 0 Å². The van der Waals surface area contributed by atoms with E-state index in [1.165, 1.54) is 0 Å². The molecule has 0 aliphatic carbocycles. The predicted molar refractivity (Wildman–Crippen MR) is 44.2 cm³/mol. The van der Waals surface area contributed by atoms with Crippen molar-refractivity contribution in [1.82, 2.24) is 5.32 Å². The van der Waals surface area contributed by atoms with Crippen LogP contribution in [0.25, 0.3) is 0 Å². The van der Waals surface area contributed by atoms with Crippen molar-refractivity contribution in [2.75, 3.05) is 0 Å². The first kappa shape index (κ1) is 7.92. The summed E-state index contributed by atoms with van der Waals surface area (Å²) in [4.78, 5) is 11.0. The van der Waals surface area contributed by atoms with Gasteiger partial charge in [0.2, 0.25) is 5.91 Å². The van der Waals surface area contributed by atoms with Crippen LogP contribution >= 0.6 is 12.6 Å². The molecule has 0 bridgehead atoms. The van der Waals surface area contributed by atoms with Crippen LogP contribution in [0.3, 0.4) is 0 Å². The Morgan fingerprint density at radius 3 is 3.00 bits per heavy atom. The third kappa shape index (κ3) is 1.90. The maximum atomic E-state index is 11.0. The Labute approximate surface area is 66.8 Å². The Kier molecular flexibility index (Phi) is 2.60. The van der Waals surface area contributed by atoms with Crippen LogP contribution in [0.15, 0.2) is 0 Å². The predicted octanol–water partition coefficient (Wildman–Crippen LogP) is 0.973. The van der Waals surface area contributed by atoms with E-state index in [0.29, 0.717) is 6.04 Å². The average molecular weight is 159 g/mol. The van der Waals surface area contributed by atoms with Gasteiger partial charge < -0.3 is 5.32 Å². The molecule has 10 heavy (non-hydrogen) atoms. The van der Waals surface area contributed by atoms with Gasteiger partial charge in [-0.05, 0) is 26.2 Å². The van der Waals surface area contributed by atoms with E-state index in [-0.39, 0.29) is 11.2 Å². The molecule has 1 fully saturated rings. The fraction of sp³-hybridized carbons (Fsp3) is 0.857. The van der Waals surface area contributed by atoms with Gasteiger partial charge in [-0.15, -0.1) is 0 Å². The number of hydrogen-bond acceptors (Lipinski definition) is 2. The Hall–Kier alpha value is -0.180. The van der Waals surface area contributed by atoms with Gasteiger partial charge >= 0.3 is 0 Å². The molecule has 3 heteroatoms. The van der Waals surface area contributed by atoms with Crippen molar-refractivity contribution in [3.63, 3.8) is 0 Å². The molecule has 2 unspecified atom stereocenters. The SMILES string of the molecule is CC1CCCC(S)C(=O)N1. The van der Waals surface area contributed by atoms with Crippen LogP contribution in [0, 0.1) is 0 Å². The maximum Gasteiger partial charge on any atom is 0.233 e. The van der Waals surface area contributed by atoms with Gasteiger partial charge in [0.05, 0.1) is 5.25 Å². The number of nitrogens with one attached hydrogen (secondary N) is 1. The number of carbonyl (C=O) groups excluding carboxylic acids is 1. The minimum absolute atomic E-state index is 0.0788. The van der Waals surface area contributed by atoms with Gasteiger partial charge in [0.1, 0.15) is 0 Å². The molecule has 1 amide bonds. The molecular weight excluding hydrogens is 146 g/mol. The summed E-state index contributed by atoms with van der Waals surface area (Å²) in [5.74, 6) is 0.0910. The normalized spacial score (nSPS) is 34.8. The van der Waals surface area contributed by atoms with Crippen molar-refractivity contribution in [3.8, 4) is 0 Å². The van der Waals surface area contributed by atoms with Gasteiger partial charge in [0, 0.05) is 6.04 Å². The Balaban J connectivity index is 2.49. The van der Waals surface area contributed by atoms with E-state index < -0.39 is 0 Å². The summed E-state index contributed by atoms with van der Waals surface area (Å²) in [6, 6.07) is 0.338. The quantitative estimate of drug-likeness (QED) is 0.507. The molecule has 58 valence electrons. The molecule has 1 N–H and O–H groups in total. The molecule has 0 aromatic carbocycles. The summed E-state index contributed by atoms with van der Waals surface area (Å²) < 4.78 is 0. The van der Waals surface area contributed by atoms with Crippen molar-refractivity contribution < 1.29 is 4.79 Å². The van der Waals surface area contributed by atoms with Gasteiger partial charge in [0.25, 0.3) is 0 Å². The molecule has 0 aromatic heterocycles. The zero-order chi connectivity index (χ0) is 7.56. The highest BCUT2D eigenvalue weighted by Gasteiger charge is 2.19. The van der Waals surface area contributed by atoms with Crippen LogP contribution in [0.5, 0.6) is 0 Å². The lowest BCUT2D eigenvalue weighted by Crippen LogP contribution is -2.34. The Bertz CT molecular complexity index is 138. The molecule has 0 aromatic rings. The lowest BCUT2D eigenvalue weighted by atomic mass is 10.1. The highest BCUT2D eigenvalue weighted by Crippen LogP contribution is 2.13. The van der Waals surface area contributed by atoms with Crippen molar-refractivity contribution in [3.05, 3.63) is 0 Å². The largest absolute Gasteiger partial charge is 0.353 e. The van der Waals surface area contributed by atoms with Crippen LogP contribution in [-0.2, 0) is 4.79 Å². The molecule has 2 nitrogen and oxygen atoms in total. The summed E-state index contributed by atoms with van der Waals surface area (Å²) >= 11 is 4.15. The molecule has 0 saturated carbocycles. The molecule has 1 saturated heterocycles. The molecule has 2 atom stereocenters. The second-order valence-corrected chi connectivity index (χ2v) is 3.48. The van der Waals surface area contributed by atoms with Gasteiger partial charge in [-0.3, -0.25) is 4.79 Å². The van der Waals surface area contributed by atoms with Gasteiger partial charge in [0.15, 0.2) is 0 Å². The van der Waals surface area contributed by atoms with Crippen molar-refractivity contribution >= 4 is 18.5 Å². The highest BCUT2D eigenvalue weighted by molar-refractivity contribution is 7.81. The summed E-state index contributed by atoms with van der Waals surface area (Å²) in [7, 11) is 0. The lowest BCUT2D eigenvalue weighted by Gasteiger charge is -2.09. The summed E-state index contributed by atoms with van der Waals surface area (Å²) in [5, 5.41) is 2.80. The standard InChI is InChI=1S/C7H13NOS/c1-5-3-2-4-6(10)7(9)8-5/h5-6,10H,2-4H2,1H3,(H,8,9). The van der Waals surface area contributed by atoms with E-state index in [2.05, 4.69) is 17.9 Å². The van der Waals surface area contributed by atoms with Crippen LogP contribution in [0.2, 0.25) is 0 Å². The second-order valence-electron chi connectivity index (χ2n) is 2.86. The number of carbonyl (C=O) groups is 1. The summed E-state index contributed by atoms with van der Waals surface area (Å²) in [5.41, 5.74) is 0. The molecule has 1 aliphatic rings. The molecular formula is C7H13NOS. The number of hydrogen-bond donors (Lipinski definition) is 2. The smallest absolute Gasteiger partial charge is 0.233 e. The van der Waals surface area contributed by atoms with Crippen molar-refractivity contribution in [2.24, 2.45) is 0 Å². The molecule has 1 aliphatic heterocycles. The van der Waals surface area contributed by atoms with E-state index in [1.807, 2.05) is 6.92 Å². The first-order valence-corrected chi connectivity index (χ1v) is 4.20. The number of rotatable bonds is 0. The number of thiol groups is 1. The second kappa shape index (κ2) is 3.28. The molecule has 1 rings (SSSR count). The maximum absolute atomic E-state index is 11.0. The molecule has 0 radical (unpaired) electrons. The van der Waals surface area contributed by atoms with E-state index in [0.717, 1.165) is 19.3 Å². The zero-order valence-corrected chi connectivity index (χ0v) is 7.03. The van der Waals surface area contributed by atoms with E-state index in [9.17, 15) is 4.79 Å². The van der Waals surface area contributed by atoms with Crippen LogP contribution in [0.4, 0.5) is 0 Å². The Morgan fingerprint density at radius 1 is 1.60 bits per heavy atom. The first-order valence-electron chi connectivity index (χ1n) is 3.68. The summed E-state index contributed by atoms with van der Waals surface area (Å²) in [6.45, 7) is 2.03. The topological polar surface area (TPSA) is 29.1 Å².